The molecule has 21 heavy (non-hydrogen) atoms. The number of amides is 1. The number of aromatic nitrogens is 2. The number of carboxylic acid groups (broad SMARTS) is 1. The molecule has 0 aromatic carbocycles. The summed E-state index contributed by atoms with van der Waals surface area (Å²) in [7, 11) is 0. The number of hydrogen-bond acceptors (Lipinski definition) is 5. The third-order valence-electron chi connectivity index (χ3n) is 3.73. The Balaban J connectivity index is 1.77. The molecule has 7 nitrogen and oxygen atoms in total. The van der Waals surface area contributed by atoms with E-state index in [0.29, 0.717) is 24.6 Å². The summed E-state index contributed by atoms with van der Waals surface area (Å²) in [5, 5.41) is 15.7. The van der Waals surface area contributed by atoms with Crippen molar-refractivity contribution < 1.29 is 19.2 Å². The van der Waals surface area contributed by atoms with Gasteiger partial charge in [0.1, 0.15) is 0 Å². The van der Waals surface area contributed by atoms with E-state index in [2.05, 4.69) is 15.5 Å². The highest BCUT2D eigenvalue weighted by Gasteiger charge is 2.33. The van der Waals surface area contributed by atoms with Crippen LogP contribution < -0.4 is 5.32 Å². The Bertz CT molecular complexity index is 500. The van der Waals surface area contributed by atoms with Gasteiger partial charge < -0.3 is 14.9 Å². The van der Waals surface area contributed by atoms with Crippen molar-refractivity contribution in [3.63, 3.8) is 0 Å². The van der Waals surface area contributed by atoms with Crippen molar-refractivity contribution >= 4 is 11.9 Å². The first kappa shape index (κ1) is 15.5. The van der Waals surface area contributed by atoms with Gasteiger partial charge in [0.05, 0.1) is 5.92 Å². The maximum atomic E-state index is 11.9. The first-order valence-corrected chi connectivity index (χ1v) is 7.43. The highest BCUT2D eigenvalue weighted by atomic mass is 16.5. The van der Waals surface area contributed by atoms with Gasteiger partial charge in [-0.3, -0.25) is 9.59 Å². The zero-order valence-corrected chi connectivity index (χ0v) is 12.2. The molecule has 1 fully saturated rings. The molecule has 0 bridgehead atoms. The maximum absolute atomic E-state index is 11.9. The van der Waals surface area contributed by atoms with Crippen molar-refractivity contribution in [2.24, 2.45) is 5.92 Å². The van der Waals surface area contributed by atoms with E-state index in [0.717, 1.165) is 25.7 Å². The topological polar surface area (TPSA) is 105 Å². The molecule has 2 atom stereocenters. The third-order valence-corrected chi connectivity index (χ3v) is 3.73. The average molecular weight is 295 g/mol. The number of aryl methyl sites for hydroxylation is 2. The van der Waals surface area contributed by atoms with Gasteiger partial charge in [-0.15, -0.1) is 0 Å². The molecule has 1 saturated carbocycles. The Morgan fingerprint density at radius 2 is 2.19 bits per heavy atom. The summed E-state index contributed by atoms with van der Waals surface area (Å²) in [6, 6.07) is -0.256. The van der Waals surface area contributed by atoms with Gasteiger partial charge in [-0.05, 0) is 19.3 Å². The van der Waals surface area contributed by atoms with Crippen molar-refractivity contribution in [2.75, 3.05) is 0 Å². The maximum Gasteiger partial charge on any atom is 0.308 e. The number of rotatable bonds is 7. The second-order valence-corrected chi connectivity index (χ2v) is 5.40. The molecule has 0 radical (unpaired) electrons. The zero-order chi connectivity index (χ0) is 15.2. The molecule has 116 valence electrons. The molecule has 0 spiro atoms. The van der Waals surface area contributed by atoms with Gasteiger partial charge in [0.25, 0.3) is 0 Å². The Labute approximate surface area is 123 Å². The van der Waals surface area contributed by atoms with Gasteiger partial charge in [0.15, 0.2) is 5.82 Å². The van der Waals surface area contributed by atoms with Crippen LogP contribution in [0.5, 0.6) is 0 Å². The molecule has 1 aliphatic carbocycles. The minimum absolute atomic E-state index is 0.164. The number of carbonyl (C=O) groups excluding carboxylic acids is 1. The van der Waals surface area contributed by atoms with Crippen LogP contribution in [-0.2, 0) is 22.4 Å². The molecule has 1 amide bonds. The van der Waals surface area contributed by atoms with Crippen molar-refractivity contribution in [1.82, 2.24) is 15.5 Å². The Hall–Kier alpha value is -1.92. The second kappa shape index (κ2) is 7.19. The lowest BCUT2D eigenvalue weighted by atomic mass is 10.0. The molecule has 0 saturated heterocycles. The first-order chi connectivity index (χ1) is 10.1. The number of nitrogens with zero attached hydrogens (tertiary/aromatic N) is 2. The summed E-state index contributed by atoms with van der Waals surface area (Å²) < 4.78 is 5.06. The lowest BCUT2D eigenvalue weighted by Crippen LogP contribution is -2.40. The van der Waals surface area contributed by atoms with Crippen LogP contribution in [0, 0.1) is 5.92 Å². The molecule has 0 aliphatic heterocycles. The number of aliphatic carboxylic acids is 1. The van der Waals surface area contributed by atoms with Crippen molar-refractivity contribution in [3.8, 4) is 0 Å². The van der Waals surface area contributed by atoms with Crippen LogP contribution in [0.1, 0.15) is 50.7 Å². The quantitative estimate of drug-likeness (QED) is 0.786. The SMILES string of the molecule is CCCc1noc(CCC(=O)NC2CCCC2C(=O)O)n1. The van der Waals surface area contributed by atoms with E-state index in [-0.39, 0.29) is 18.4 Å². The van der Waals surface area contributed by atoms with Gasteiger partial charge in [-0.25, -0.2) is 0 Å². The molecule has 2 N–H and O–H groups in total. The lowest BCUT2D eigenvalue weighted by Gasteiger charge is -2.17. The molecule has 1 aromatic heterocycles. The Morgan fingerprint density at radius 1 is 1.38 bits per heavy atom. The van der Waals surface area contributed by atoms with E-state index in [9.17, 15) is 9.59 Å². The van der Waals surface area contributed by atoms with Gasteiger partial charge in [0, 0.05) is 25.3 Å². The highest BCUT2D eigenvalue weighted by molar-refractivity contribution is 5.78. The van der Waals surface area contributed by atoms with E-state index in [1.54, 1.807) is 0 Å². The summed E-state index contributed by atoms with van der Waals surface area (Å²) in [4.78, 5) is 27.1. The normalized spacial score (nSPS) is 21.4. The minimum atomic E-state index is -0.834. The van der Waals surface area contributed by atoms with Crippen LogP contribution in [-0.4, -0.2) is 33.2 Å². The van der Waals surface area contributed by atoms with Gasteiger partial charge in [-0.2, -0.15) is 4.98 Å². The van der Waals surface area contributed by atoms with Crippen LogP contribution >= 0.6 is 0 Å². The summed E-state index contributed by atoms with van der Waals surface area (Å²) in [6.45, 7) is 2.03. The zero-order valence-electron chi connectivity index (χ0n) is 12.2. The van der Waals surface area contributed by atoms with E-state index in [1.807, 2.05) is 6.92 Å². The summed E-state index contributed by atoms with van der Waals surface area (Å²) >= 11 is 0. The molecule has 2 rings (SSSR count). The van der Waals surface area contributed by atoms with Crippen LogP contribution in [0.3, 0.4) is 0 Å². The predicted octanol–water partition coefficient (Wildman–Crippen LogP) is 1.32. The van der Waals surface area contributed by atoms with E-state index in [4.69, 9.17) is 9.63 Å². The van der Waals surface area contributed by atoms with E-state index in [1.165, 1.54) is 0 Å². The summed E-state index contributed by atoms with van der Waals surface area (Å²) in [6.07, 6.45) is 4.51. The average Bonchev–Trinajstić information content (AvgIpc) is 3.06. The van der Waals surface area contributed by atoms with Crippen molar-refractivity contribution in [1.29, 1.82) is 0 Å². The molecule has 2 unspecified atom stereocenters. The third kappa shape index (κ3) is 4.27. The summed E-state index contributed by atoms with van der Waals surface area (Å²) in [5.41, 5.74) is 0. The predicted molar refractivity (Wildman–Crippen MR) is 73.5 cm³/mol. The van der Waals surface area contributed by atoms with E-state index < -0.39 is 11.9 Å². The monoisotopic (exact) mass is 295 g/mol. The van der Waals surface area contributed by atoms with Crippen LogP contribution in [0.15, 0.2) is 4.52 Å². The van der Waals surface area contributed by atoms with Crippen LogP contribution in [0.4, 0.5) is 0 Å². The fourth-order valence-corrected chi connectivity index (χ4v) is 2.64. The molecule has 1 aliphatic rings. The number of nitrogens with one attached hydrogen (secondary N) is 1. The van der Waals surface area contributed by atoms with E-state index >= 15 is 0 Å². The standard InChI is InChI=1S/C14H21N3O4/c1-2-4-11-16-13(21-17-11)8-7-12(18)15-10-6-3-5-9(10)14(19)20/h9-10H,2-8H2,1H3,(H,15,18)(H,19,20). The van der Waals surface area contributed by atoms with Gasteiger partial charge >= 0.3 is 5.97 Å². The van der Waals surface area contributed by atoms with Crippen molar-refractivity contribution in [3.05, 3.63) is 11.7 Å². The van der Waals surface area contributed by atoms with Gasteiger partial charge in [-0.1, -0.05) is 18.5 Å². The second-order valence-electron chi connectivity index (χ2n) is 5.40. The minimum Gasteiger partial charge on any atom is -0.481 e. The number of carbonyl (C=O) groups is 2. The fraction of sp³-hybridized carbons (Fsp3) is 0.714. The number of carboxylic acids is 1. The number of hydrogen-bond donors (Lipinski definition) is 2. The van der Waals surface area contributed by atoms with Gasteiger partial charge in [0.2, 0.25) is 11.8 Å². The Kier molecular flexibility index (Phi) is 5.30. The van der Waals surface area contributed by atoms with Crippen LogP contribution in [0.2, 0.25) is 0 Å². The molecule has 1 heterocycles. The van der Waals surface area contributed by atoms with Crippen molar-refractivity contribution in [2.45, 2.75) is 57.9 Å². The smallest absolute Gasteiger partial charge is 0.308 e. The molecule has 7 heteroatoms. The Morgan fingerprint density at radius 3 is 2.90 bits per heavy atom. The highest BCUT2D eigenvalue weighted by Crippen LogP contribution is 2.25. The first-order valence-electron chi connectivity index (χ1n) is 7.43. The fourth-order valence-electron chi connectivity index (χ4n) is 2.64. The van der Waals surface area contributed by atoms with Crippen LogP contribution in [0.25, 0.3) is 0 Å². The molecular weight excluding hydrogens is 274 g/mol. The lowest BCUT2D eigenvalue weighted by molar-refractivity contribution is -0.142. The molecule has 1 aromatic rings. The molecular formula is C14H21N3O4. The largest absolute Gasteiger partial charge is 0.481 e. The summed E-state index contributed by atoms with van der Waals surface area (Å²) in [5.74, 6) is -0.347.